The maximum absolute atomic E-state index is 5.96. The maximum atomic E-state index is 5.96. The first-order chi connectivity index (χ1) is 11.1. The van der Waals surface area contributed by atoms with Crippen molar-refractivity contribution < 1.29 is 4.74 Å². The molecule has 2 heterocycles. The van der Waals surface area contributed by atoms with Crippen molar-refractivity contribution in [3.05, 3.63) is 51.5 Å². The minimum atomic E-state index is 0.338. The van der Waals surface area contributed by atoms with Crippen molar-refractivity contribution in [1.82, 2.24) is 25.0 Å². The Morgan fingerprint density at radius 2 is 2.13 bits per heavy atom. The van der Waals surface area contributed by atoms with E-state index in [1.807, 2.05) is 30.3 Å². The molecule has 0 atom stereocenters. The number of nitrogens with zero attached hydrogens (tertiary/aromatic N) is 4. The van der Waals surface area contributed by atoms with Gasteiger partial charge in [-0.15, -0.1) is 5.10 Å². The highest BCUT2D eigenvalue weighted by Gasteiger charge is 2.08. The van der Waals surface area contributed by atoms with Gasteiger partial charge in [-0.05, 0) is 30.3 Å². The van der Waals surface area contributed by atoms with Gasteiger partial charge in [-0.25, -0.2) is 4.98 Å². The summed E-state index contributed by atoms with van der Waals surface area (Å²) in [5, 5.41) is 12.6. The normalized spacial score (nSPS) is 10.9. The summed E-state index contributed by atoms with van der Waals surface area (Å²) < 4.78 is 8.29. The van der Waals surface area contributed by atoms with E-state index in [0.29, 0.717) is 28.5 Å². The summed E-state index contributed by atoms with van der Waals surface area (Å²) in [6, 6.07) is 9.46. The number of aryl methyl sites for hydroxylation is 1. The summed E-state index contributed by atoms with van der Waals surface area (Å²) in [5.41, 5.74) is 0.889. The first kappa shape index (κ1) is 16.4. The smallest absolute Gasteiger partial charge is 0.208 e. The third-order valence-corrected chi connectivity index (χ3v) is 4.69. The lowest BCUT2D eigenvalue weighted by atomic mass is 10.3. The fourth-order valence-electron chi connectivity index (χ4n) is 1.80. The summed E-state index contributed by atoms with van der Waals surface area (Å²) in [7, 11) is 1.81. The number of H-pyrrole nitrogens is 1. The molecule has 0 amide bonds. The largest absolute Gasteiger partial charge is 0.486 e. The highest BCUT2D eigenvalue weighted by atomic mass is 79.9. The van der Waals surface area contributed by atoms with Gasteiger partial charge in [0.05, 0.1) is 5.69 Å². The van der Waals surface area contributed by atoms with E-state index >= 15 is 0 Å². The number of hydrogen-bond donors (Lipinski definition) is 1. The minimum absolute atomic E-state index is 0.338. The van der Waals surface area contributed by atoms with E-state index in [1.165, 1.54) is 11.8 Å². The van der Waals surface area contributed by atoms with Crippen LogP contribution in [0.3, 0.4) is 0 Å². The molecule has 0 aliphatic heterocycles. The molecule has 0 aliphatic carbocycles. The molecular weight excluding hydrogens is 402 g/mol. The summed E-state index contributed by atoms with van der Waals surface area (Å²) in [5.74, 6) is 2.11. The predicted molar refractivity (Wildman–Crippen MR) is 92.6 cm³/mol. The maximum Gasteiger partial charge on any atom is 0.208 e. The number of halogens is 2. The van der Waals surface area contributed by atoms with Gasteiger partial charge in [0.15, 0.2) is 5.82 Å². The molecule has 6 nitrogen and oxygen atoms in total. The van der Waals surface area contributed by atoms with E-state index in [2.05, 4.69) is 36.2 Å². The molecule has 1 aromatic carbocycles. The van der Waals surface area contributed by atoms with E-state index in [-0.39, 0.29) is 0 Å². The summed E-state index contributed by atoms with van der Waals surface area (Å²) in [6.07, 6.45) is 0. The molecule has 0 saturated heterocycles. The summed E-state index contributed by atoms with van der Waals surface area (Å²) >= 11 is 10.8. The van der Waals surface area contributed by atoms with Gasteiger partial charge in [0.25, 0.3) is 0 Å². The monoisotopic (exact) mass is 413 g/mol. The van der Waals surface area contributed by atoms with E-state index in [0.717, 1.165) is 15.9 Å². The molecular formula is C14H13BrClN5OS. The van der Waals surface area contributed by atoms with Gasteiger partial charge < -0.3 is 4.74 Å². The van der Waals surface area contributed by atoms with Crippen molar-refractivity contribution in [2.24, 2.45) is 7.05 Å². The van der Waals surface area contributed by atoms with Crippen molar-refractivity contribution in [2.45, 2.75) is 17.5 Å². The number of benzene rings is 1. The number of rotatable bonds is 6. The molecule has 0 radical (unpaired) electrons. The fraction of sp³-hybridized carbons (Fsp3) is 0.214. The number of thioether (sulfide) groups is 1. The van der Waals surface area contributed by atoms with Gasteiger partial charge in [-0.3, -0.25) is 9.78 Å². The Bertz CT molecular complexity index is 769. The molecule has 23 heavy (non-hydrogen) atoms. The Morgan fingerprint density at radius 3 is 2.83 bits per heavy atom. The zero-order valence-electron chi connectivity index (χ0n) is 12.2. The molecule has 0 fully saturated rings. The van der Waals surface area contributed by atoms with Crippen LogP contribution in [-0.4, -0.2) is 25.0 Å². The zero-order valence-corrected chi connectivity index (χ0v) is 15.3. The molecule has 0 unspecified atom stereocenters. The molecule has 9 heteroatoms. The molecule has 0 saturated carbocycles. The number of hydrogen-bond acceptors (Lipinski definition) is 5. The Labute approximate surface area is 150 Å². The highest BCUT2D eigenvalue weighted by molar-refractivity contribution is 9.10. The molecule has 2 aromatic heterocycles. The van der Waals surface area contributed by atoms with Crippen LogP contribution in [0.15, 0.2) is 40.0 Å². The number of ether oxygens (including phenoxy) is 1. The summed E-state index contributed by atoms with van der Waals surface area (Å²) in [4.78, 5) is 4.38. The van der Waals surface area contributed by atoms with Crippen molar-refractivity contribution in [1.29, 1.82) is 0 Å². The molecule has 0 bridgehead atoms. The zero-order chi connectivity index (χ0) is 16.2. The Balaban J connectivity index is 1.52. The summed E-state index contributed by atoms with van der Waals surface area (Å²) in [6.45, 7) is 0.338. The second-order valence-electron chi connectivity index (χ2n) is 4.68. The van der Waals surface area contributed by atoms with Gasteiger partial charge in [-0.1, -0.05) is 39.3 Å². The Hall–Kier alpha value is -1.51. The van der Waals surface area contributed by atoms with Crippen molar-refractivity contribution >= 4 is 39.3 Å². The van der Waals surface area contributed by atoms with Crippen LogP contribution in [-0.2, 0) is 19.4 Å². The SMILES string of the molecule is Cn1nc(CSc2n[nH]c(COc3ccc(Br)cc3)n2)cc1Cl. The number of nitrogens with one attached hydrogen (secondary N) is 1. The second kappa shape index (κ2) is 7.37. The topological polar surface area (TPSA) is 68.6 Å². The van der Waals surface area contributed by atoms with Gasteiger partial charge >= 0.3 is 0 Å². The van der Waals surface area contributed by atoms with Crippen LogP contribution in [0.25, 0.3) is 0 Å². The van der Waals surface area contributed by atoms with Crippen molar-refractivity contribution in [3.63, 3.8) is 0 Å². The number of aromatic amines is 1. The standard InChI is InChI=1S/C14H13BrClN5OS/c1-21-12(16)6-10(20-21)8-23-14-17-13(18-19-14)7-22-11-4-2-9(15)3-5-11/h2-6H,7-8H2,1H3,(H,17,18,19). The van der Waals surface area contributed by atoms with Gasteiger partial charge in [0.2, 0.25) is 5.16 Å². The van der Waals surface area contributed by atoms with E-state index in [9.17, 15) is 0 Å². The first-order valence-corrected chi connectivity index (χ1v) is 8.86. The predicted octanol–water partition coefficient (Wildman–Crippen LogP) is 3.83. The lowest BCUT2D eigenvalue weighted by Gasteiger charge is -2.03. The molecule has 120 valence electrons. The van der Waals surface area contributed by atoms with Crippen LogP contribution in [0.2, 0.25) is 5.15 Å². The van der Waals surface area contributed by atoms with Crippen molar-refractivity contribution in [2.75, 3.05) is 0 Å². The minimum Gasteiger partial charge on any atom is -0.486 e. The molecule has 3 rings (SSSR count). The lowest BCUT2D eigenvalue weighted by molar-refractivity contribution is 0.296. The van der Waals surface area contributed by atoms with E-state index in [1.54, 1.807) is 11.7 Å². The van der Waals surface area contributed by atoms with Gasteiger partial charge in [0, 0.05) is 17.3 Å². The Kier molecular flexibility index (Phi) is 5.24. The second-order valence-corrected chi connectivity index (χ2v) is 6.92. The average molecular weight is 415 g/mol. The molecule has 3 aromatic rings. The third kappa shape index (κ3) is 4.49. The van der Waals surface area contributed by atoms with Crippen LogP contribution in [0.1, 0.15) is 11.5 Å². The van der Waals surface area contributed by atoms with Crippen LogP contribution in [0.5, 0.6) is 5.75 Å². The highest BCUT2D eigenvalue weighted by Crippen LogP contribution is 2.21. The van der Waals surface area contributed by atoms with Crippen LogP contribution in [0, 0.1) is 0 Å². The molecule has 0 spiro atoms. The quantitative estimate of drug-likeness (QED) is 0.621. The van der Waals surface area contributed by atoms with Gasteiger partial charge in [-0.2, -0.15) is 5.10 Å². The molecule has 1 N–H and O–H groups in total. The Morgan fingerprint density at radius 1 is 1.35 bits per heavy atom. The van der Waals surface area contributed by atoms with Crippen LogP contribution >= 0.6 is 39.3 Å². The van der Waals surface area contributed by atoms with Crippen molar-refractivity contribution in [3.8, 4) is 5.75 Å². The van der Waals surface area contributed by atoms with Crippen LogP contribution in [0.4, 0.5) is 0 Å². The van der Waals surface area contributed by atoms with E-state index < -0.39 is 0 Å². The van der Waals surface area contributed by atoms with E-state index in [4.69, 9.17) is 16.3 Å². The van der Waals surface area contributed by atoms with Crippen LogP contribution < -0.4 is 4.74 Å². The first-order valence-electron chi connectivity index (χ1n) is 6.71. The van der Waals surface area contributed by atoms with Gasteiger partial charge in [0.1, 0.15) is 17.5 Å². The molecule has 0 aliphatic rings. The fourth-order valence-corrected chi connectivity index (χ4v) is 2.93. The third-order valence-electron chi connectivity index (χ3n) is 2.92. The average Bonchev–Trinajstić information content (AvgIpc) is 3.12. The lowest BCUT2D eigenvalue weighted by Crippen LogP contribution is -1.97. The number of aromatic nitrogens is 5.